The standard InChI is InChI=1S/C18H23N9O/c1-12-21-25-27(24-12)13-4-5-14(16(28)10-13)15-11-20-17(23-22-15)26(3)18(2)6-8-19-9-7-18/h4-5,10-11,19,28H,6-9H2,1-3H3. The number of anilines is 1. The molecular formula is C18H23N9O. The maximum absolute atomic E-state index is 10.4. The number of tetrazole rings is 1. The van der Waals surface area contributed by atoms with Gasteiger partial charge in [-0.05, 0) is 57.1 Å². The Morgan fingerprint density at radius 3 is 2.57 bits per heavy atom. The minimum Gasteiger partial charge on any atom is -0.507 e. The van der Waals surface area contributed by atoms with Gasteiger partial charge in [-0.3, -0.25) is 0 Å². The van der Waals surface area contributed by atoms with E-state index in [1.54, 1.807) is 31.3 Å². The molecule has 0 amide bonds. The Morgan fingerprint density at radius 1 is 1.18 bits per heavy atom. The van der Waals surface area contributed by atoms with Crippen molar-refractivity contribution in [1.82, 2.24) is 40.7 Å². The maximum atomic E-state index is 10.4. The summed E-state index contributed by atoms with van der Waals surface area (Å²) in [4.78, 5) is 7.93. The van der Waals surface area contributed by atoms with Crippen LogP contribution in [0.5, 0.6) is 5.75 Å². The molecule has 0 radical (unpaired) electrons. The zero-order chi connectivity index (χ0) is 19.7. The molecule has 1 aliphatic rings. The summed E-state index contributed by atoms with van der Waals surface area (Å²) >= 11 is 0. The van der Waals surface area contributed by atoms with E-state index in [4.69, 9.17) is 0 Å². The van der Waals surface area contributed by atoms with Crippen molar-refractivity contribution in [2.75, 3.05) is 25.0 Å². The number of nitrogens with zero attached hydrogens (tertiary/aromatic N) is 8. The first kappa shape index (κ1) is 18.2. The molecule has 4 rings (SSSR count). The van der Waals surface area contributed by atoms with Crippen LogP contribution in [0.4, 0.5) is 5.95 Å². The molecule has 0 aliphatic carbocycles. The summed E-state index contributed by atoms with van der Waals surface area (Å²) in [6.45, 7) is 5.93. The third kappa shape index (κ3) is 3.38. The number of hydrogen-bond acceptors (Lipinski definition) is 9. The Morgan fingerprint density at radius 2 is 1.96 bits per heavy atom. The van der Waals surface area contributed by atoms with Crippen LogP contribution in [0.1, 0.15) is 25.6 Å². The third-order valence-corrected chi connectivity index (χ3v) is 5.34. The number of benzene rings is 1. The van der Waals surface area contributed by atoms with Gasteiger partial charge in [0.05, 0.1) is 11.9 Å². The number of nitrogens with one attached hydrogen (secondary N) is 1. The van der Waals surface area contributed by atoms with E-state index >= 15 is 0 Å². The Hall–Kier alpha value is -3.14. The zero-order valence-corrected chi connectivity index (χ0v) is 16.2. The quantitative estimate of drug-likeness (QED) is 0.685. The van der Waals surface area contributed by atoms with Crippen LogP contribution in [0.2, 0.25) is 0 Å². The molecule has 146 valence electrons. The molecule has 3 aromatic rings. The fourth-order valence-corrected chi connectivity index (χ4v) is 3.34. The molecule has 1 fully saturated rings. The molecule has 28 heavy (non-hydrogen) atoms. The highest BCUT2D eigenvalue weighted by Gasteiger charge is 2.32. The number of aromatic hydroxyl groups is 1. The van der Waals surface area contributed by atoms with Crippen molar-refractivity contribution in [2.24, 2.45) is 0 Å². The molecule has 0 atom stereocenters. The molecule has 10 nitrogen and oxygen atoms in total. The number of rotatable bonds is 4. The van der Waals surface area contributed by atoms with E-state index in [1.807, 2.05) is 7.05 Å². The van der Waals surface area contributed by atoms with Crippen molar-refractivity contribution in [3.8, 4) is 22.7 Å². The lowest BCUT2D eigenvalue weighted by Gasteiger charge is -2.41. The van der Waals surface area contributed by atoms with Crippen molar-refractivity contribution in [2.45, 2.75) is 32.2 Å². The molecule has 2 aromatic heterocycles. The summed E-state index contributed by atoms with van der Waals surface area (Å²) in [5.41, 5.74) is 1.65. The second-order valence-electron chi connectivity index (χ2n) is 7.28. The van der Waals surface area contributed by atoms with Crippen LogP contribution >= 0.6 is 0 Å². The molecule has 10 heteroatoms. The predicted molar refractivity (Wildman–Crippen MR) is 103 cm³/mol. The minimum absolute atomic E-state index is 0.00116. The number of hydrogen-bond donors (Lipinski definition) is 2. The summed E-state index contributed by atoms with van der Waals surface area (Å²) in [7, 11) is 2.00. The van der Waals surface area contributed by atoms with Crippen LogP contribution < -0.4 is 10.2 Å². The molecule has 0 unspecified atom stereocenters. The Labute approximate surface area is 162 Å². The number of phenols is 1. The Kier molecular flexibility index (Phi) is 4.63. The van der Waals surface area contributed by atoms with E-state index in [-0.39, 0.29) is 11.3 Å². The molecule has 2 N–H and O–H groups in total. The first-order valence-electron chi connectivity index (χ1n) is 9.21. The normalized spacial score (nSPS) is 16.1. The van der Waals surface area contributed by atoms with Gasteiger partial charge in [-0.15, -0.1) is 25.2 Å². The van der Waals surface area contributed by atoms with Crippen molar-refractivity contribution in [1.29, 1.82) is 0 Å². The van der Waals surface area contributed by atoms with Gasteiger partial charge in [0, 0.05) is 24.2 Å². The molecule has 0 spiro atoms. The zero-order valence-electron chi connectivity index (χ0n) is 16.2. The van der Waals surface area contributed by atoms with Crippen LogP contribution in [0.15, 0.2) is 24.4 Å². The van der Waals surface area contributed by atoms with Gasteiger partial charge in [0.15, 0.2) is 5.82 Å². The van der Waals surface area contributed by atoms with Crippen molar-refractivity contribution < 1.29 is 5.11 Å². The van der Waals surface area contributed by atoms with Gasteiger partial charge < -0.3 is 15.3 Å². The van der Waals surface area contributed by atoms with E-state index < -0.39 is 0 Å². The molecule has 0 bridgehead atoms. The van der Waals surface area contributed by atoms with E-state index in [0.29, 0.717) is 28.7 Å². The number of piperidine rings is 1. The number of phenolic OH excluding ortho intramolecular Hbond substituents is 1. The van der Waals surface area contributed by atoms with Crippen molar-refractivity contribution >= 4 is 5.95 Å². The maximum Gasteiger partial charge on any atom is 0.245 e. The van der Waals surface area contributed by atoms with E-state index in [0.717, 1.165) is 25.9 Å². The highest BCUT2D eigenvalue weighted by Crippen LogP contribution is 2.30. The van der Waals surface area contributed by atoms with Gasteiger partial charge in [0.1, 0.15) is 11.4 Å². The lowest BCUT2D eigenvalue weighted by atomic mass is 9.89. The van der Waals surface area contributed by atoms with Crippen molar-refractivity contribution in [3.05, 3.63) is 30.2 Å². The van der Waals surface area contributed by atoms with Crippen molar-refractivity contribution in [3.63, 3.8) is 0 Å². The minimum atomic E-state index is 0.00116. The van der Waals surface area contributed by atoms with Gasteiger partial charge in [0.2, 0.25) is 5.95 Å². The third-order valence-electron chi connectivity index (χ3n) is 5.34. The van der Waals surface area contributed by atoms with E-state index in [2.05, 4.69) is 47.7 Å². The molecule has 0 saturated carbocycles. The average Bonchev–Trinajstić information content (AvgIpc) is 3.14. The van der Waals surface area contributed by atoms with Gasteiger partial charge in [-0.1, -0.05) is 0 Å². The Bertz CT molecular complexity index is 963. The highest BCUT2D eigenvalue weighted by atomic mass is 16.3. The monoisotopic (exact) mass is 381 g/mol. The first-order valence-corrected chi connectivity index (χ1v) is 9.21. The summed E-state index contributed by atoms with van der Waals surface area (Å²) in [6, 6.07) is 5.09. The number of aromatic nitrogens is 7. The smallest absolute Gasteiger partial charge is 0.245 e. The Balaban J connectivity index is 1.57. The molecule has 1 aromatic carbocycles. The van der Waals surface area contributed by atoms with E-state index in [1.165, 1.54) is 4.80 Å². The fourth-order valence-electron chi connectivity index (χ4n) is 3.34. The van der Waals surface area contributed by atoms with Gasteiger partial charge in [-0.2, -0.15) is 0 Å². The van der Waals surface area contributed by atoms with Gasteiger partial charge >= 0.3 is 0 Å². The summed E-state index contributed by atoms with van der Waals surface area (Å²) in [5, 5.41) is 34.3. The second kappa shape index (κ2) is 7.12. The predicted octanol–water partition coefficient (Wildman–Crippen LogP) is 1.11. The topological polar surface area (TPSA) is 118 Å². The SMILES string of the molecule is Cc1nnn(-c2ccc(-c3cnc(N(C)C4(C)CCNCC4)nn3)c(O)c2)n1. The lowest BCUT2D eigenvalue weighted by Crippen LogP contribution is -2.51. The van der Waals surface area contributed by atoms with Gasteiger partial charge in [0.25, 0.3) is 0 Å². The molecule has 1 aliphatic heterocycles. The molecular weight excluding hydrogens is 358 g/mol. The largest absolute Gasteiger partial charge is 0.507 e. The first-order chi connectivity index (χ1) is 13.5. The number of aryl methyl sites for hydroxylation is 1. The second-order valence-corrected chi connectivity index (χ2v) is 7.28. The van der Waals surface area contributed by atoms with Crippen LogP contribution in [0.25, 0.3) is 16.9 Å². The highest BCUT2D eigenvalue weighted by molar-refractivity contribution is 5.67. The van der Waals surface area contributed by atoms with Crippen LogP contribution in [0.3, 0.4) is 0 Å². The summed E-state index contributed by atoms with van der Waals surface area (Å²) in [6.07, 6.45) is 3.68. The average molecular weight is 381 g/mol. The van der Waals surface area contributed by atoms with Crippen LogP contribution in [-0.2, 0) is 0 Å². The summed E-state index contributed by atoms with van der Waals surface area (Å²) in [5.74, 6) is 1.18. The van der Waals surface area contributed by atoms with E-state index in [9.17, 15) is 5.11 Å². The van der Waals surface area contributed by atoms with Crippen LogP contribution in [-0.4, -0.2) is 66.2 Å². The fraction of sp³-hybridized carbons (Fsp3) is 0.444. The van der Waals surface area contributed by atoms with Crippen LogP contribution in [0, 0.1) is 6.92 Å². The summed E-state index contributed by atoms with van der Waals surface area (Å²) < 4.78 is 0. The molecule has 1 saturated heterocycles. The molecule has 3 heterocycles. The lowest BCUT2D eigenvalue weighted by molar-refractivity contribution is 0.320. The van der Waals surface area contributed by atoms with Gasteiger partial charge in [-0.25, -0.2) is 4.98 Å².